The Labute approximate surface area is 183 Å². The minimum absolute atomic E-state index is 0.125. The lowest BCUT2D eigenvalue weighted by molar-refractivity contribution is -0.123. The number of aromatic amines is 1. The van der Waals surface area contributed by atoms with Gasteiger partial charge in [-0.2, -0.15) is 0 Å². The summed E-state index contributed by atoms with van der Waals surface area (Å²) in [5.74, 6) is 1.51. The fraction of sp³-hybridized carbons (Fsp3) is 0.348. The first-order chi connectivity index (χ1) is 15.0. The van der Waals surface area contributed by atoms with Crippen molar-refractivity contribution in [2.24, 2.45) is 0 Å². The van der Waals surface area contributed by atoms with Crippen LogP contribution in [-0.2, 0) is 4.79 Å². The Hall–Kier alpha value is -3.13. The van der Waals surface area contributed by atoms with Gasteiger partial charge in [0.15, 0.2) is 11.5 Å². The Bertz CT molecular complexity index is 1270. The number of aromatic nitrogens is 2. The molecular formula is C23H23N3O4S. The van der Waals surface area contributed by atoms with E-state index in [2.05, 4.69) is 9.97 Å². The molecule has 31 heavy (non-hydrogen) atoms. The van der Waals surface area contributed by atoms with E-state index in [1.807, 2.05) is 36.9 Å². The van der Waals surface area contributed by atoms with E-state index in [0.717, 1.165) is 28.8 Å². The number of amides is 1. The molecule has 1 saturated heterocycles. The molecule has 2 aliphatic heterocycles. The van der Waals surface area contributed by atoms with E-state index in [1.165, 1.54) is 11.3 Å². The van der Waals surface area contributed by atoms with Crippen LogP contribution in [0.3, 0.4) is 0 Å². The highest BCUT2D eigenvalue weighted by Crippen LogP contribution is 2.33. The third-order valence-corrected chi connectivity index (χ3v) is 6.90. The van der Waals surface area contributed by atoms with E-state index in [1.54, 1.807) is 6.08 Å². The number of nitrogens with zero attached hydrogens (tertiary/aromatic N) is 2. The third-order valence-electron chi connectivity index (χ3n) is 5.80. The number of rotatable bonds is 3. The fourth-order valence-electron chi connectivity index (χ4n) is 4.02. The molecule has 0 atom stereocenters. The molecule has 0 spiro atoms. The molecule has 2 aromatic heterocycles. The number of thiophene rings is 1. The van der Waals surface area contributed by atoms with Gasteiger partial charge in [-0.25, -0.2) is 4.98 Å². The molecule has 8 heteroatoms. The van der Waals surface area contributed by atoms with E-state index in [0.29, 0.717) is 59.4 Å². The predicted molar refractivity (Wildman–Crippen MR) is 121 cm³/mol. The van der Waals surface area contributed by atoms with Gasteiger partial charge in [0.2, 0.25) is 0 Å². The van der Waals surface area contributed by atoms with Gasteiger partial charge in [0.1, 0.15) is 23.9 Å². The minimum atomic E-state index is -0.218. The van der Waals surface area contributed by atoms with E-state index in [-0.39, 0.29) is 11.5 Å². The van der Waals surface area contributed by atoms with E-state index >= 15 is 0 Å². The average molecular weight is 438 g/mol. The van der Waals surface area contributed by atoms with Crippen LogP contribution in [0.25, 0.3) is 21.9 Å². The van der Waals surface area contributed by atoms with Crippen LogP contribution in [0.15, 0.2) is 23.0 Å². The zero-order valence-electron chi connectivity index (χ0n) is 17.5. The van der Waals surface area contributed by atoms with Gasteiger partial charge in [-0.05, 0) is 56.0 Å². The van der Waals surface area contributed by atoms with Crippen LogP contribution in [0.4, 0.5) is 0 Å². The Kier molecular flexibility index (Phi) is 5.02. The van der Waals surface area contributed by atoms with E-state index < -0.39 is 0 Å². The highest BCUT2D eigenvalue weighted by atomic mass is 32.1. The Morgan fingerprint density at radius 1 is 1.16 bits per heavy atom. The number of carbonyl (C=O) groups excluding carboxylic acids is 1. The summed E-state index contributed by atoms with van der Waals surface area (Å²) in [6.45, 7) is 6.32. The van der Waals surface area contributed by atoms with Crippen molar-refractivity contribution >= 4 is 39.1 Å². The highest BCUT2D eigenvalue weighted by Gasteiger charge is 2.25. The average Bonchev–Trinajstić information content (AvgIpc) is 3.40. The lowest BCUT2D eigenvalue weighted by atomic mass is 10.1. The lowest BCUT2D eigenvalue weighted by Crippen LogP contribution is -2.29. The van der Waals surface area contributed by atoms with Gasteiger partial charge in [-0.1, -0.05) is 6.07 Å². The molecule has 1 N–H and O–H groups in total. The second-order valence-corrected chi connectivity index (χ2v) is 9.04. The van der Waals surface area contributed by atoms with E-state index in [4.69, 9.17) is 9.47 Å². The van der Waals surface area contributed by atoms with Crippen LogP contribution in [0.2, 0.25) is 0 Å². The largest absolute Gasteiger partial charge is 0.486 e. The standard InChI is InChI=1S/C23H23N3O4S/c1-13-14(2)31-22-19(13)21(27)24-20(25-22)16(23(28)26-7-3-4-8-26)11-15-5-6-17-18(12-15)30-10-9-29-17/h5-6,11-12H,3-4,7-10H2,1-2H3,(H,24,25,27)/b16-11+. The number of ether oxygens (including phenoxy) is 2. The summed E-state index contributed by atoms with van der Waals surface area (Å²) in [6.07, 6.45) is 3.74. The first-order valence-electron chi connectivity index (χ1n) is 10.4. The maximum atomic E-state index is 13.4. The van der Waals surface area contributed by atoms with Crippen molar-refractivity contribution in [1.82, 2.24) is 14.9 Å². The number of aryl methyl sites for hydroxylation is 2. The van der Waals surface area contributed by atoms with Crippen LogP contribution in [0.5, 0.6) is 11.5 Å². The zero-order valence-corrected chi connectivity index (χ0v) is 18.3. The Balaban J connectivity index is 1.64. The SMILES string of the molecule is Cc1sc2nc(/C(=C\c3ccc4c(c3)OCCO4)C(=O)N3CCCC3)[nH]c(=O)c2c1C. The Morgan fingerprint density at radius 2 is 1.90 bits per heavy atom. The number of hydrogen-bond donors (Lipinski definition) is 1. The lowest BCUT2D eigenvalue weighted by Gasteiger charge is -2.19. The van der Waals surface area contributed by atoms with E-state index in [9.17, 15) is 9.59 Å². The van der Waals surface area contributed by atoms with Crippen molar-refractivity contribution in [2.75, 3.05) is 26.3 Å². The zero-order chi connectivity index (χ0) is 21.5. The van der Waals surface area contributed by atoms with Gasteiger partial charge < -0.3 is 19.4 Å². The molecule has 0 bridgehead atoms. The molecule has 1 aromatic carbocycles. The summed E-state index contributed by atoms with van der Waals surface area (Å²) >= 11 is 1.47. The molecule has 0 radical (unpaired) electrons. The summed E-state index contributed by atoms with van der Waals surface area (Å²) in [7, 11) is 0. The van der Waals surface area contributed by atoms with Crippen molar-refractivity contribution in [2.45, 2.75) is 26.7 Å². The van der Waals surface area contributed by atoms with Crippen LogP contribution in [0, 0.1) is 13.8 Å². The van der Waals surface area contributed by atoms with Crippen molar-refractivity contribution in [3.8, 4) is 11.5 Å². The van der Waals surface area contributed by atoms with Gasteiger partial charge in [-0.15, -0.1) is 11.3 Å². The van der Waals surface area contributed by atoms with Gasteiger partial charge in [-0.3, -0.25) is 9.59 Å². The molecular weight excluding hydrogens is 414 g/mol. The first kappa shape index (κ1) is 19.8. The Morgan fingerprint density at radius 3 is 2.68 bits per heavy atom. The smallest absolute Gasteiger partial charge is 0.260 e. The maximum Gasteiger partial charge on any atom is 0.260 e. The normalized spacial score (nSPS) is 16.2. The molecule has 3 aromatic rings. The van der Waals surface area contributed by atoms with Crippen LogP contribution in [0.1, 0.15) is 34.7 Å². The monoisotopic (exact) mass is 437 g/mol. The molecule has 4 heterocycles. The van der Waals surface area contributed by atoms with Gasteiger partial charge in [0.25, 0.3) is 11.5 Å². The van der Waals surface area contributed by atoms with Gasteiger partial charge in [0, 0.05) is 18.0 Å². The third kappa shape index (κ3) is 3.61. The predicted octanol–water partition coefficient (Wildman–Crippen LogP) is 3.54. The summed E-state index contributed by atoms with van der Waals surface area (Å²) in [5.41, 5.74) is 1.88. The van der Waals surface area contributed by atoms with Gasteiger partial charge in [0.05, 0.1) is 11.0 Å². The summed E-state index contributed by atoms with van der Waals surface area (Å²) in [5, 5.41) is 0.596. The summed E-state index contributed by atoms with van der Waals surface area (Å²) in [4.78, 5) is 37.3. The number of carbonyl (C=O) groups is 1. The maximum absolute atomic E-state index is 13.4. The topological polar surface area (TPSA) is 84.5 Å². The van der Waals surface area contributed by atoms with Crippen LogP contribution in [-0.4, -0.2) is 47.1 Å². The molecule has 1 fully saturated rings. The molecule has 7 nitrogen and oxygen atoms in total. The minimum Gasteiger partial charge on any atom is -0.486 e. The van der Waals surface area contributed by atoms with Crippen molar-refractivity contribution in [3.05, 3.63) is 50.4 Å². The molecule has 160 valence electrons. The van der Waals surface area contributed by atoms with Crippen LogP contribution >= 0.6 is 11.3 Å². The second-order valence-electron chi connectivity index (χ2n) is 7.84. The summed E-state index contributed by atoms with van der Waals surface area (Å²) < 4.78 is 11.3. The summed E-state index contributed by atoms with van der Waals surface area (Å²) in [6, 6.07) is 5.56. The molecule has 0 saturated carbocycles. The van der Waals surface area contributed by atoms with Crippen molar-refractivity contribution in [1.29, 1.82) is 0 Å². The number of fused-ring (bicyclic) bond motifs is 2. The number of H-pyrrole nitrogens is 1. The number of hydrogen-bond acceptors (Lipinski definition) is 6. The number of nitrogens with one attached hydrogen (secondary N) is 1. The first-order valence-corrected chi connectivity index (χ1v) is 11.2. The molecule has 2 aliphatic rings. The highest BCUT2D eigenvalue weighted by molar-refractivity contribution is 7.18. The number of benzene rings is 1. The van der Waals surface area contributed by atoms with Gasteiger partial charge >= 0.3 is 0 Å². The molecule has 5 rings (SSSR count). The quantitative estimate of drug-likeness (QED) is 0.634. The number of likely N-dealkylation sites (tertiary alicyclic amines) is 1. The molecule has 1 amide bonds. The van der Waals surface area contributed by atoms with Crippen LogP contribution < -0.4 is 15.0 Å². The molecule has 0 unspecified atom stereocenters. The van der Waals surface area contributed by atoms with Crippen molar-refractivity contribution < 1.29 is 14.3 Å². The van der Waals surface area contributed by atoms with Crippen molar-refractivity contribution in [3.63, 3.8) is 0 Å². The second kappa shape index (κ2) is 7.85. The molecule has 0 aliphatic carbocycles. The fourth-order valence-corrected chi connectivity index (χ4v) is 5.05.